The van der Waals surface area contributed by atoms with Gasteiger partial charge in [-0.2, -0.15) is 0 Å². The average molecular weight is 228 g/mol. The van der Waals surface area contributed by atoms with Gasteiger partial charge in [0.05, 0.1) is 6.61 Å². The van der Waals surface area contributed by atoms with Crippen LogP contribution in [0, 0.1) is 11.7 Å². The van der Waals surface area contributed by atoms with Crippen LogP contribution < -0.4 is 0 Å². The molecule has 1 unspecified atom stereocenters. The van der Waals surface area contributed by atoms with E-state index in [1.165, 1.54) is 12.1 Å². The van der Waals surface area contributed by atoms with Crippen molar-refractivity contribution >= 4 is 11.8 Å². The second-order valence-electron chi connectivity index (χ2n) is 4.02. The Morgan fingerprint density at radius 3 is 2.47 bits per heavy atom. The van der Waals surface area contributed by atoms with Crippen molar-refractivity contribution in [1.82, 2.24) is 0 Å². The van der Waals surface area contributed by atoms with Crippen LogP contribution in [0.25, 0.3) is 0 Å². The van der Waals surface area contributed by atoms with Crippen LogP contribution in [0.5, 0.6) is 0 Å². The Hall–Kier alpha value is -0.540. The van der Waals surface area contributed by atoms with Gasteiger partial charge < -0.3 is 5.11 Å². The molecule has 0 aliphatic carbocycles. The highest BCUT2D eigenvalue weighted by Gasteiger charge is 2.10. The van der Waals surface area contributed by atoms with Crippen LogP contribution in [-0.4, -0.2) is 10.4 Å². The molecule has 0 amide bonds. The number of hydrogen-bond acceptors (Lipinski definition) is 2. The Labute approximate surface area is 94.7 Å². The van der Waals surface area contributed by atoms with E-state index in [-0.39, 0.29) is 12.4 Å². The largest absolute Gasteiger partial charge is 0.392 e. The molecule has 0 aliphatic rings. The summed E-state index contributed by atoms with van der Waals surface area (Å²) in [5, 5.41) is 9.40. The Kier molecular flexibility index (Phi) is 4.61. The summed E-state index contributed by atoms with van der Waals surface area (Å²) in [5.74, 6) is 0.274. The van der Waals surface area contributed by atoms with Gasteiger partial charge in [-0.25, -0.2) is 4.39 Å². The van der Waals surface area contributed by atoms with Crippen LogP contribution in [-0.2, 0) is 6.61 Å². The molecule has 0 aromatic heterocycles. The van der Waals surface area contributed by atoms with Crippen LogP contribution in [0.1, 0.15) is 26.3 Å². The predicted molar refractivity (Wildman–Crippen MR) is 62.5 cm³/mol. The molecular weight excluding hydrogens is 211 g/mol. The van der Waals surface area contributed by atoms with Crippen molar-refractivity contribution in [3.05, 3.63) is 29.6 Å². The van der Waals surface area contributed by atoms with Crippen LogP contribution in [0.2, 0.25) is 0 Å². The zero-order valence-corrected chi connectivity index (χ0v) is 10.1. The molecule has 1 atom stereocenters. The zero-order chi connectivity index (χ0) is 11.4. The first kappa shape index (κ1) is 12.5. The Morgan fingerprint density at radius 1 is 1.27 bits per heavy atom. The first-order valence-corrected chi connectivity index (χ1v) is 5.98. The molecule has 0 aliphatic heterocycles. The molecule has 1 rings (SSSR count). The normalized spacial score (nSPS) is 13.2. The molecule has 84 valence electrons. The van der Waals surface area contributed by atoms with E-state index in [0.29, 0.717) is 16.7 Å². The Balaban J connectivity index is 2.80. The fourth-order valence-electron chi connectivity index (χ4n) is 1.13. The summed E-state index contributed by atoms with van der Waals surface area (Å²) < 4.78 is 13.1. The first-order chi connectivity index (χ1) is 7.02. The molecule has 0 saturated carbocycles. The van der Waals surface area contributed by atoms with E-state index in [2.05, 4.69) is 20.8 Å². The molecule has 0 bridgehead atoms. The maximum Gasteiger partial charge on any atom is 0.124 e. The maximum atomic E-state index is 13.1. The number of aliphatic hydroxyl groups is 1. The van der Waals surface area contributed by atoms with Crippen molar-refractivity contribution in [1.29, 1.82) is 0 Å². The third kappa shape index (κ3) is 3.84. The van der Waals surface area contributed by atoms with Crippen molar-refractivity contribution in [3.63, 3.8) is 0 Å². The lowest BCUT2D eigenvalue weighted by Gasteiger charge is -2.15. The van der Waals surface area contributed by atoms with Crippen LogP contribution in [0.15, 0.2) is 23.1 Å². The van der Waals surface area contributed by atoms with E-state index < -0.39 is 0 Å². The molecule has 0 spiro atoms. The molecule has 0 heterocycles. The molecule has 1 nitrogen and oxygen atoms in total. The number of hydrogen-bond donors (Lipinski definition) is 1. The fourth-order valence-corrected chi connectivity index (χ4v) is 2.23. The van der Waals surface area contributed by atoms with Gasteiger partial charge in [-0.05, 0) is 29.7 Å². The number of benzene rings is 1. The van der Waals surface area contributed by atoms with Crippen molar-refractivity contribution in [2.24, 2.45) is 5.92 Å². The van der Waals surface area contributed by atoms with Crippen LogP contribution >= 0.6 is 11.8 Å². The van der Waals surface area contributed by atoms with E-state index in [1.54, 1.807) is 11.8 Å². The molecule has 15 heavy (non-hydrogen) atoms. The van der Waals surface area contributed by atoms with E-state index in [4.69, 9.17) is 5.11 Å². The Morgan fingerprint density at radius 2 is 1.93 bits per heavy atom. The minimum absolute atomic E-state index is 0.110. The first-order valence-electron chi connectivity index (χ1n) is 5.10. The zero-order valence-electron chi connectivity index (χ0n) is 9.33. The van der Waals surface area contributed by atoms with E-state index in [0.717, 1.165) is 4.90 Å². The van der Waals surface area contributed by atoms with Crippen molar-refractivity contribution in [3.8, 4) is 0 Å². The summed E-state index contributed by atoms with van der Waals surface area (Å²) in [6.07, 6.45) is 0. The minimum atomic E-state index is -0.278. The van der Waals surface area contributed by atoms with Crippen molar-refractivity contribution in [2.45, 2.75) is 37.5 Å². The summed E-state index contributed by atoms with van der Waals surface area (Å²) in [5.41, 5.74) is 0.633. The molecule has 0 fully saturated rings. The predicted octanol–water partition coefficient (Wildman–Crippen LogP) is 3.45. The van der Waals surface area contributed by atoms with Gasteiger partial charge in [-0.1, -0.05) is 20.8 Å². The average Bonchev–Trinajstić information content (AvgIpc) is 2.16. The highest BCUT2D eigenvalue weighted by atomic mass is 32.2. The number of halogens is 1. The van der Waals surface area contributed by atoms with Gasteiger partial charge in [0.2, 0.25) is 0 Å². The number of aliphatic hydroxyl groups excluding tert-OH is 1. The van der Waals surface area contributed by atoms with Gasteiger partial charge in [0, 0.05) is 10.1 Å². The fraction of sp³-hybridized carbons (Fsp3) is 0.500. The van der Waals surface area contributed by atoms with Gasteiger partial charge in [-0.3, -0.25) is 0 Å². The monoisotopic (exact) mass is 228 g/mol. The van der Waals surface area contributed by atoms with E-state index >= 15 is 0 Å². The maximum absolute atomic E-state index is 13.1. The summed E-state index contributed by atoms with van der Waals surface area (Å²) in [6.45, 7) is 6.30. The van der Waals surface area contributed by atoms with Gasteiger partial charge >= 0.3 is 0 Å². The van der Waals surface area contributed by atoms with Crippen molar-refractivity contribution < 1.29 is 9.50 Å². The van der Waals surface area contributed by atoms with Crippen LogP contribution in [0.3, 0.4) is 0 Å². The second-order valence-corrected chi connectivity index (χ2v) is 5.47. The molecule has 1 aromatic carbocycles. The van der Waals surface area contributed by atoms with E-state index in [1.807, 2.05) is 6.07 Å². The smallest absolute Gasteiger partial charge is 0.124 e. The van der Waals surface area contributed by atoms with Gasteiger partial charge in [-0.15, -0.1) is 11.8 Å². The topological polar surface area (TPSA) is 20.2 Å². The summed E-state index contributed by atoms with van der Waals surface area (Å²) in [4.78, 5) is 0.889. The summed E-state index contributed by atoms with van der Waals surface area (Å²) >= 11 is 1.64. The lowest BCUT2D eigenvalue weighted by molar-refractivity contribution is 0.281. The third-order valence-electron chi connectivity index (χ3n) is 2.37. The lowest BCUT2D eigenvalue weighted by atomic mass is 10.2. The number of rotatable bonds is 4. The lowest BCUT2D eigenvalue weighted by Crippen LogP contribution is -2.05. The van der Waals surface area contributed by atoms with Gasteiger partial charge in [0.25, 0.3) is 0 Å². The SMILES string of the molecule is CC(C)C(C)Sc1cc(F)cc(CO)c1. The standard InChI is InChI=1S/C12H17FOS/c1-8(2)9(3)15-12-5-10(7-14)4-11(13)6-12/h4-6,8-9,14H,7H2,1-3H3. The summed E-state index contributed by atoms with van der Waals surface area (Å²) in [6, 6.07) is 4.72. The van der Waals surface area contributed by atoms with E-state index in [9.17, 15) is 4.39 Å². The molecule has 3 heteroatoms. The molecular formula is C12H17FOS. The second kappa shape index (κ2) is 5.52. The molecule has 0 saturated heterocycles. The minimum Gasteiger partial charge on any atom is -0.392 e. The van der Waals surface area contributed by atoms with Crippen molar-refractivity contribution in [2.75, 3.05) is 0 Å². The number of thioether (sulfide) groups is 1. The van der Waals surface area contributed by atoms with Gasteiger partial charge in [0.1, 0.15) is 5.82 Å². The van der Waals surface area contributed by atoms with Gasteiger partial charge in [0.15, 0.2) is 0 Å². The molecule has 1 aromatic rings. The third-order valence-corrected chi connectivity index (χ3v) is 3.80. The highest BCUT2D eigenvalue weighted by molar-refractivity contribution is 8.00. The van der Waals surface area contributed by atoms with Crippen LogP contribution in [0.4, 0.5) is 4.39 Å². The quantitative estimate of drug-likeness (QED) is 0.796. The molecule has 1 N–H and O–H groups in total. The highest BCUT2D eigenvalue weighted by Crippen LogP contribution is 2.29. The summed E-state index contributed by atoms with van der Waals surface area (Å²) in [7, 11) is 0. The Bertz CT molecular complexity index is 325. The molecule has 0 radical (unpaired) electrons.